The molecule has 0 aromatic heterocycles. The number of amides is 2. The van der Waals surface area contributed by atoms with Gasteiger partial charge in [0.25, 0.3) is 0 Å². The lowest BCUT2D eigenvalue weighted by Gasteiger charge is -2.16. The summed E-state index contributed by atoms with van der Waals surface area (Å²) < 4.78 is 25.3. The van der Waals surface area contributed by atoms with E-state index in [-0.39, 0.29) is 6.42 Å². The summed E-state index contributed by atoms with van der Waals surface area (Å²) in [6, 6.07) is 14.3. The van der Waals surface area contributed by atoms with E-state index in [1.807, 2.05) is 32.0 Å². The van der Waals surface area contributed by atoms with E-state index in [0.29, 0.717) is 11.4 Å². The van der Waals surface area contributed by atoms with E-state index in [1.54, 1.807) is 37.3 Å². The van der Waals surface area contributed by atoms with E-state index in [4.69, 9.17) is 0 Å². The summed E-state index contributed by atoms with van der Waals surface area (Å²) in [4.78, 5) is 24.7. The van der Waals surface area contributed by atoms with E-state index in [9.17, 15) is 18.0 Å². The SMILES string of the molecule is CCc1ccc(NC(=O)C(CC)S(=O)(=O)CC(=O)Nc2cccc(C)c2)cc1. The quantitative estimate of drug-likeness (QED) is 0.708. The number of hydrogen-bond donors (Lipinski definition) is 2. The van der Waals surface area contributed by atoms with Crippen molar-refractivity contribution in [3.8, 4) is 0 Å². The van der Waals surface area contributed by atoms with E-state index < -0.39 is 32.7 Å². The third-order valence-electron chi connectivity index (χ3n) is 4.36. The average molecular weight is 403 g/mol. The minimum Gasteiger partial charge on any atom is -0.325 e. The zero-order valence-electron chi connectivity index (χ0n) is 16.4. The van der Waals surface area contributed by atoms with Gasteiger partial charge in [-0.25, -0.2) is 8.42 Å². The monoisotopic (exact) mass is 402 g/mol. The Hall–Kier alpha value is -2.67. The summed E-state index contributed by atoms with van der Waals surface area (Å²) in [7, 11) is -3.96. The Morgan fingerprint density at radius 2 is 1.64 bits per heavy atom. The zero-order chi connectivity index (χ0) is 20.7. The smallest absolute Gasteiger partial charge is 0.242 e. The maximum atomic E-state index is 12.6. The summed E-state index contributed by atoms with van der Waals surface area (Å²) in [6.45, 7) is 5.51. The number of anilines is 2. The molecule has 2 aromatic rings. The second kappa shape index (κ2) is 9.50. The molecule has 0 aliphatic heterocycles. The predicted octanol–water partition coefficient (Wildman–Crippen LogP) is 3.33. The Labute approximate surface area is 166 Å². The Balaban J connectivity index is 2.05. The van der Waals surface area contributed by atoms with E-state index >= 15 is 0 Å². The highest BCUT2D eigenvalue weighted by atomic mass is 32.2. The summed E-state index contributed by atoms with van der Waals surface area (Å²) >= 11 is 0. The average Bonchev–Trinajstić information content (AvgIpc) is 2.62. The molecular weight excluding hydrogens is 376 g/mol. The fourth-order valence-corrected chi connectivity index (χ4v) is 4.38. The topological polar surface area (TPSA) is 92.3 Å². The molecule has 0 saturated carbocycles. The van der Waals surface area contributed by atoms with Crippen molar-refractivity contribution in [3.63, 3.8) is 0 Å². The fraction of sp³-hybridized carbons (Fsp3) is 0.333. The van der Waals surface area contributed by atoms with Crippen LogP contribution in [0.1, 0.15) is 31.4 Å². The maximum Gasteiger partial charge on any atom is 0.242 e. The second-order valence-electron chi connectivity index (χ2n) is 6.66. The first-order valence-electron chi connectivity index (χ1n) is 9.23. The third-order valence-corrected chi connectivity index (χ3v) is 6.44. The van der Waals surface area contributed by atoms with Crippen LogP contribution in [0.5, 0.6) is 0 Å². The molecule has 0 radical (unpaired) electrons. The van der Waals surface area contributed by atoms with Crippen molar-refractivity contribution in [1.82, 2.24) is 0 Å². The third kappa shape index (κ3) is 5.92. The molecule has 6 nitrogen and oxygen atoms in total. The molecule has 7 heteroatoms. The molecule has 28 heavy (non-hydrogen) atoms. The summed E-state index contributed by atoms with van der Waals surface area (Å²) in [6.07, 6.45) is 0.954. The molecule has 0 aliphatic rings. The number of rotatable bonds is 8. The van der Waals surface area contributed by atoms with Crippen LogP contribution >= 0.6 is 0 Å². The van der Waals surface area contributed by atoms with Crippen molar-refractivity contribution in [3.05, 3.63) is 59.7 Å². The van der Waals surface area contributed by atoms with Gasteiger partial charge >= 0.3 is 0 Å². The molecule has 2 amide bonds. The molecule has 1 atom stereocenters. The van der Waals surface area contributed by atoms with Crippen LogP contribution in [0.25, 0.3) is 0 Å². The molecule has 2 aromatic carbocycles. The van der Waals surface area contributed by atoms with Crippen LogP contribution < -0.4 is 10.6 Å². The van der Waals surface area contributed by atoms with Crippen molar-refractivity contribution in [2.24, 2.45) is 0 Å². The van der Waals surface area contributed by atoms with Crippen molar-refractivity contribution in [1.29, 1.82) is 0 Å². The van der Waals surface area contributed by atoms with Crippen LogP contribution in [-0.4, -0.2) is 31.2 Å². The number of hydrogen-bond acceptors (Lipinski definition) is 4. The minimum absolute atomic E-state index is 0.0823. The number of benzene rings is 2. The molecule has 0 aliphatic carbocycles. The molecule has 0 saturated heterocycles. The van der Waals surface area contributed by atoms with Crippen molar-refractivity contribution < 1.29 is 18.0 Å². The highest BCUT2D eigenvalue weighted by Gasteiger charge is 2.33. The molecular formula is C21H26N2O4S. The van der Waals surface area contributed by atoms with Crippen LogP contribution in [0, 0.1) is 6.92 Å². The Bertz CT molecular complexity index is 937. The normalized spacial score (nSPS) is 12.2. The molecule has 0 spiro atoms. The summed E-state index contributed by atoms with van der Waals surface area (Å²) in [5, 5.41) is 3.91. The molecule has 2 N–H and O–H groups in total. The van der Waals surface area contributed by atoms with E-state index in [2.05, 4.69) is 10.6 Å². The van der Waals surface area contributed by atoms with Crippen LogP contribution in [0.15, 0.2) is 48.5 Å². The van der Waals surface area contributed by atoms with Gasteiger partial charge in [-0.2, -0.15) is 0 Å². The summed E-state index contributed by atoms with van der Waals surface area (Å²) in [5.41, 5.74) is 3.11. The van der Waals surface area contributed by atoms with Gasteiger partial charge in [0.1, 0.15) is 11.0 Å². The highest BCUT2D eigenvalue weighted by Crippen LogP contribution is 2.15. The van der Waals surface area contributed by atoms with Gasteiger partial charge in [0.2, 0.25) is 11.8 Å². The summed E-state index contributed by atoms with van der Waals surface area (Å²) in [5.74, 6) is -2.04. The second-order valence-corrected chi connectivity index (χ2v) is 8.84. The van der Waals surface area contributed by atoms with Gasteiger partial charge in [0.05, 0.1) is 0 Å². The Kier molecular flexibility index (Phi) is 7.34. The number of aryl methyl sites for hydroxylation is 2. The van der Waals surface area contributed by atoms with Crippen LogP contribution in [-0.2, 0) is 25.8 Å². The number of nitrogens with one attached hydrogen (secondary N) is 2. The van der Waals surface area contributed by atoms with Gasteiger partial charge in [-0.1, -0.05) is 38.1 Å². The lowest BCUT2D eigenvalue weighted by atomic mass is 10.1. The number of carbonyl (C=O) groups excluding carboxylic acids is 2. The van der Waals surface area contributed by atoms with Gasteiger partial charge in [-0.05, 0) is 55.2 Å². The molecule has 2 rings (SSSR count). The molecule has 150 valence electrons. The first-order valence-corrected chi connectivity index (χ1v) is 10.9. The molecule has 1 unspecified atom stereocenters. The van der Waals surface area contributed by atoms with Gasteiger partial charge in [-0.3, -0.25) is 9.59 Å². The minimum atomic E-state index is -3.96. The van der Waals surface area contributed by atoms with Gasteiger partial charge in [0, 0.05) is 11.4 Å². The van der Waals surface area contributed by atoms with Gasteiger partial charge in [-0.15, -0.1) is 0 Å². The highest BCUT2D eigenvalue weighted by molar-refractivity contribution is 7.93. The molecule has 0 bridgehead atoms. The van der Waals surface area contributed by atoms with Crippen LogP contribution in [0.4, 0.5) is 11.4 Å². The first-order chi connectivity index (χ1) is 13.2. The van der Waals surface area contributed by atoms with Crippen molar-refractivity contribution >= 4 is 33.0 Å². The van der Waals surface area contributed by atoms with Gasteiger partial charge < -0.3 is 10.6 Å². The maximum absolute atomic E-state index is 12.6. The van der Waals surface area contributed by atoms with Crippen molar-refractivity contribution in [2.75, 3.05) is 16.4 Å². The Morgan fingerprint density at radius 1 is 0.964 bits per heavy atom. The predicted molar refractivity (Wildman–Crippen MR) is 112 cm³/mol. The zero-order valence-corrected chi connectivity index (χ0v) is 17.2. The van der Waals surface area contributed by atoms with E-state index in [0.717, 1.165) is 17.5 Å². The fourth-order valence-electron chi connectivity index (χ4n) is 2.85. The molecule has 0 heterocycles. The lowest BCUT2D eigenvalue weighted by molar-refractivity contribution is -0.115. The first kappa shape index (κ1) is 21.6. The van der Waals surface area contributed by atoms with Gasteiger partial charge in [0.15, 0.2) is 9.84 Å². The number of sulfone groups is 1. The lowest BCUT2D eigenvalue weighted by Crippen LogP contribution is -2.39. The van der Waals surface area contributed by atoms with Crippen LogP contribution in [0.2, 0.25) is 0 Å². The Morgan fingerprint density at radius 3 is 2.21 bits per heavy atom. The standard InChI is InChI=1S/C21H26N2O4S/c1-4-16-9-11-17(12-10-16)23-21(25)19(5-2)28(26,27)14-20(24)22-18-8-6-7-15(3)13-18/h6-13,19H,4-5,14H2,1-3H3,(H,22,24)(H,23,25). The molecule has 0 fully saturated rings. The van der Waals surface area contributed by atoms with E-state index in [1.165, 1.54) is 0 Å². The van der Waals surface area contributed by atoms with Crippen LogP contribution in [0.3, 0.4) is 0 Å². The van der Waals surface area contributed by atoms with Crippen molar-refractivity contribution in [2.45, 2.75) is 38.9 Å². The largest absolute Gasteiger partial charge is 0.325 e. The number of carbonyl (C=O) groups is 2.